The maximum Gasteiger partial charge on any atom is 0.101 e. The van der Waals surface area contributed by atoms with Crippen LogP contribution >= 0.6 is 0 Å². The van der Waals surface area contributed by atoms with Crippen molar-refractivity contribution in [3.8, 4) is 0 Å². The average molecular weight is 235 g/mol. The lowest BCUT2D eigenvalue weighted by Crippen LogP contribution is -2.41. The van der Waals surface area contributed by atoms with Gasteiger partial charge in [-0.05, 0) is 19.4 Å². The molecule has 0 aromatic rings. The highest BCUT2D eigenvalue weighted by atomic mass is 16.4. The van der Waals surface area contributed by atoms with Crippen LogP contribution in [0, 0.1) is 0 Å². The van der Waals surface area contributed by atoms with E-state index in [0.29, 0.717) is 19.4 Å². The van der Waals surface area contributed by atoms with Crippen LogP contribution in [0.5, 0.6) is 0 Å². The van der Waals surface area contributed by atoms with Gasteiger partial charge in [-0.3, -0.25) is 0 Å². The van der Waals surface area contributed by atoms with Crippen LogP contribution in [0.3, 0.4) is 0 Å². The van der Waals surface area contributed by atoms with Gasteiger partial charge >= 0.3 is 0 Å². The molecule has 0 saturated heterocycles. The second-order valence-electron chi connectivity index (χ2n) is 4.59. The maximum atomic E-state index is 9.93. The predicted molar refractivity (Wildman–Crippen MR) is 61.3 cm³/mol. The molecule has 0 aliphatic rings. The fourth-order valence-corrected chi connectivity index (χ4v) is 0.756. The summed E-state index contributed by atoms with van der Waals surface area (Å²) in [4.78, 5) is 9.93. The summed E-state index contributed by atoms with van der Waals surface area (Å²) < 4.78 is 0.844. The first-order valence-corrected chi connectivity index (χ1v) is 5.32. The van der Waals surface area contributed by atoms with E-state index in [9.17, 15) is 9.90 Å². The number of nitrogens with two attached hydrogens (primary N) is 2. The van der Waals surface area contributed by atoms with Crippen LogP contribution in [0.1, 0.15) is 12.8 Å². The number of nitrogens with zero attached hydrogens (tertiary/aromatic N) is 1. The van der Waals surface area contributed by atoms with Crippen molar-refractivity contribution in [1.82, 2.24) is 0 Å². The van der Waals surface area contributed by atoms with Crippen molar-refractivity contribution in [3.63, 3.8) is 0 Å². The molecule has 1 unspecified atom stereocenters. The van der Waals surface area contributed by atoms with E-state index in [4.69, 9.17) is 16.6 Å². The Bertz CT molecular complexity index is 181. The molecule has 6 nitrogen and oxygen atoms in total. The smallest absolute Gasteiger partial charge is 0.101 e. The third-order valence-corrected chi connectivity index (χ3v) is 1.79. The molecule has 0 saturated carbocycles. The van der Waals surface area contributed by atoms with Gasteiger partial charge in [0.2, 0.25) is 0 Å². The summed E-state index contributed by atoms with van der Waals surface area (Å²) in [5, 5.41) is 18.3. The molecule has 0 aromatic heterocycles. The molecular formula is C10H25N3O3. The Morgan fingerprint density at radius 1 is 1.44 bits per heavy atom. The molecule has 5 N–H and O–H groups in total. The highest BCUT2D eigenvalue weighted by molar-refractivity contribution is 5.70. The molecule has 0 heterocycles. The molecule has 0 aliphatic carbocycles. The number of carbonyl (C=O) groups is 1. The number of carboxylic acids is 1. The van der Waals surface area contributed by atoms with E-state index in [1.54, 1.807) is 0 Å². The summed E-state index contributed by atoms with van der Waals surface area (Å²) in [6.07, 6.45) is 1.04. The number of quaternary nitrogens is 1. The Morgan fingerprint density at radius 3 is 2.12 bits per heavy atom. The van der Waals surface area contributed by atoms with E-state index < -0.39 is 12.0 Å². The van der Waals surface area contributed by atoms with Crippen molar-refractivity contribution in [2.45, 2.75) is 18.9 Å². The van der Waals surface area contributed by atoms with Crippen molar-refractivity contribution >= 4 is 5.97 Å². The first-order chi connectivity index (χ1) is 7.24. The van der Waals surface area contributed by atoms with Crippen LogP contribution in [0.4, 0.5) is 0 Å². The third kappa shape index (κ3) is 15.8. The van der Waals surface area contributed by atoms with Crippen LogP contribution in [0.25, 0.3) is 0 Å². The van der Waals surface area contributed by atoms with Crippen molar-refractivity contribution in [3.05, 3.63) is 0 Å². The molecule has 0 aliphatic heterocycles. The van der Waals surface area contributed by atoms with E-state index in [1.165, 1.54) is 0 Å². The van der Waals surface area contributed by atoms with Gasteiger partial charge < -0.3 is 31.0 Å². The van der Waals surface area contributed by atoms with E-state index in [0.717, 1.165) is 11.0 Å². The molecule has 1 atom stereocenters. The third-order valence-electron chi connectivity index (χ3n) is 1.79. The standard InChI is InChI=1S/C5H12N2O2.C5H14NO/c6-3-1-2-4(7)5(8)9;1-6(2,3)4-5-7/h4H,1-3,6-7H2,(H,8,9);7H,4-5H2,1-3H3/q;+1/p-1. The van der Waals surface area contributed by atoms with Gasteiger partial charge in [0, 0.05) is 6.04 Å². The van der Waals surface area contributed by atoms with Gasteiger partial charge in [0.05, 0.1) is 33.7 Å². The summed E-state index contributed by atoms with van der Waals surface area (Å²) in [6, 6.07) is -0.853. The minimum Gasteiger partial charge on any atom is -0.548 e. The zero-order chi connectivity index (χ0) is 13.2. The summed E-state index contributed by atoms with van der Waals surface area (Å²) in [6.45, 7) is 1.59. The number of likely N-dealkylation sites (N-methyl/N-ethyl adjacent to an activating group) is 1. The maximum absolute atomic E-state index is 9.93. The summed E-state index contributed by atoms with van der Waals surface area (Å²) in [7, 11) is 6.16. The Hall–Kier alpha value is -0.690. The fourth-order valence-electron chi connectivity index (χ4n) is 0.756. The van der Waals surface area contributed by atoms with E-state index in [-0.39, 0.29) is 6.61 Å². The minimum atomic E-state index is -1.21. The van der Waals surface area contributed by atoms with Gasteiger partial charge in [-0.2, -0.15) is 0 Å². The van der Waals surface area contributed by atoms with Gasteiger partial charge in [0.15, 0.2) is 0 Å². The first kappa shape index (κ1) is 17.7. The molecule has 6 heteroatoms. The number of aliphatic carboxylic acids is 1. The Labute approximate surface area is 97.4 Å². The zero-order valence-electron chi connectivity index (χ0n) is 10.5. The molecule has 98 valence electrons. The molecule has 0 amide bonds. The minimum absolute atomic E-state index is 0.281. The molecule has 0 spiro atoms. The highest BCUT2D eigenvalue weighted by Crippen LogP contribution is 1.89. The summed E-state index contributed by atoms with van der Waals surface area (Å²) >= 11 is 0. The predicted octanol–water partition coefficient (Wildman–Crippen LogP) is -2.51. The summed E-state index contributed by atoms with van der Waals surface area (Å²) in [5.41, 5.74) is 10.2. The topological polar surface area (TPSA) is 112 Å². The van der Waals surface area contributed by atoms with Crippen LogP contribution < -0.4 is 16.6 Å². The molecule has 0 aromatic carbocycles. The Balaban J connectivity index is 0. The second-order valence-corrected chi connectivity index (χ2v) is 4.59. The normalized spacial score (nSPS) is 12.6. The lowest BCUT2D eigenvalue weighted by atomic mass is 10.2. The highest BCUT2D eigenvalue weighted by Gasteiger charge is 2.02. The second kappa shape index (κ2) is 9.53. The van der Waals surface area contributed by atoms with Gasteiger partial charge in [0.1, 0.15) is 6.54 Å². The van der Waals surface area contributed by atoms with Gasteiger partial charge in [0.25, 0.3) is 0 Å². The van der Waals surface area contributed by atoms with E-state index >= 15 is 0 Å². The first-order valence-electron chi connectivity index (χ1n) is 5.32. The number of rotatable bonds is 6. The largest absolute Gasteiger partial charge is 0.548 e. The van der Waals surface area contributed by atoms with Gasteiger partial charge in [-0.15, -0.1) is 0 Å². The van der Waals surface area contributed by atoms with E-state index in [2.05, 4.69) is 21.1 Å². The molecule has 0 bridgehead atoms. The Kier molecular flexibility index (Phi) is 10.5. The molecule has 16 heavy (non-hydrogen) atoms. The van der Waals surface area contributed by atoms with Gasteiger partial charge in [-0.1, -0.05) is 0 Å². The number of aliphatic hydroxyl groups excluding tert-OH is 1. The van der Waals surface area contributed by atoms with Crippen molar-refractivity contribution in [2.75, 3.05) is 40.8 Å². The van der Waals surface area contributed by atoms with Crippen LogP contribution in [-0.4, -0.2) is 62.4 Å². The SMILES string of the molecule is C[N+](C)(C)CCO.NCCCC(N)C(=O)[O-]. The van der Waals surface area contributed by atoms with Crippen molar-refractivity contribution in [1.29, 1.82) is 0 Å². The lowest BCUT2D eigenvalue weighted by Gasteiger charge is -2.21. The molecular weight excluding hydrogens is 210 g/mol. The fraction of sp³-hybridized carbons (Fsp3) is 0.900. The number of carbonyl (C=O) groups excluding carboxylic acids is 1. The molecule has 0 fully saturated rings. The number of carboxylic acid groups (broad SMARTS) is 1. The number of aliphatic hydroxyl groups is 1. The molecule has 0 rings (SSSR count). The van der Waals surface area contributed by atoms with Crippen LogP contribution in [0.15, 0.2) is 0 Å². The summed E-state index contributed by atoms with van der Waals surface area (Å²) in [5.74, 6) is -1.21. The van der Waals surface area contributed by atoms with Crippen molar-refractivity contribution in [2.24, 2.45) is 11.5 Å². The van der Waals surface area contributed by atoms with Gasteiger partial charge in [-0.25, -0.2) is 0 Å². The lowest BCUT2D eigenvalue weighted by molar-refractivity contribution is -0.870. The zero-order valence-corrected chi connectivity index (χ0v) is 10.5. The molecule has 0 radical (unpaired) electrons. The van der Waals surface area contributed by atoms with Crippen LogP contribution in [-0.2, 0) is 4.79 Å². The average Bonchev–Trinajstić information content (AvgIpc) is 2.13. The number of hydrogen-bond donors (Lipinski definition) is 3. The van der Waals surface area contributed by atoms with Crippen molar-refractivity contribution < 1.29 is 19.5 Å². The van der Waals surface area contributed by atoms with Crippen LogP contribution in [0.2, 0.25) is 0 Å². The number of hydrogen-bond acceptors (Lipinski definition) is 5. The van der Waals surface area contributed by atoms with E-state index in [1.807, 2.05) is 0 Å². The quantitative estimate of drug-likeness (QED) is 0.440. The Morgan fingerprint density at radius 2 is 1.94 bits per heavy atom. The monoisotopic (exact) mass is 235 g/mol.